The van der Waals surface area contributed by atoms with E-state index in [-0.39, 0.29) is 5.69 Å². The number of halogens is 3. The van der Waals surface area contributed by atoms with Crippen LogP contribution in [0, 0.1) is 17.0 Å². The predicted molar refractivity (Wildman–Crippen MR) is 89.3 cm³/mol. The molecular formula is C14H10Br2ClNO3. The van der Waals surface area contributed by atoms with Crippen molar-refractivity contribution in [2.75, 3.05) is 0 Å². The van der Waals surface area contributed by atoms with Crippen molar-refractivity contribution in [3.8, 4) is 11.5 Å². The molecule has 0 unspecified atom stereocenters. The molecule has 0 atom stereocenters. The van der Waals surface area contributed by atoms with Crippen molar-refractivity contribution in [3.63, 3.8) is 0 Å². The van der Waals surface area contributed by atoms with E-state index in [1.165, 1.54) is 12.1 Å². The van der Waals surface area contributed by atoms with Crippen molar-refractivity contribution < 1.29 is 9.66 Å². The van der Waals surface area contributed by atoms with E-state index in [0.717, 1.165) is 11.1 Å². The molecule has 110 valence electrons. The van der Waals surface area contributed by atoms with Crippen molar-refractivity contribution in [1.82, 2.24) is 0 Å². The number of alkyl halides is 1. The van der Waals surface area contributed by atoms with Crippen LogP contribution in [0.5, 0.6) is 11.5 Å². The number of benzene rings is 2. The van der Waals surface area contributed by atoms with Crippen LogP contribution in [-0.4, -0.2) is 4.92 Å². The Hall–Kier alpha value is -1.11. The minimum absolute atomic E-state index is 0.0187. The molecule has 0 aliphatic carbocycles. The topological polar surface area (TPSA) is 52.4 Å². The number of hydrogen-bond acceptors (Lipinski definition) is 3. The minimum atomic E-state index is -0.460. The van der Waals surface area contributed by atoms with Crippen molar-refractivity contribution in [3.05, 3.63) is 60.5 Å². The molecule has 0 bridgehead atoms. The Kier molecular flexibility index (Phi) is 5.24. The number of nitro benzene ring substituents is 1. The average molecular weight is 435 g/mol. The number of nitro groups is 1. The van der Waals surface area contributed by atoms with E-state index >= 15 is 0 Å². The molecule has 2 aromatic rings. The molecule has 4 nitrogen and oxygen atoms in total. The Bertz CT molecular complexity index is 684. The van der Waals surface area contributed by atoms with E-state index in [1.54, 1.807) is 0 Å². The first kappa shape index (κ1) is 16.3. The van der Waals surface area contributed by atoms with Gasteiger partial charge in [-0.3, -0.25) is 10.1 Å². The Morgan fingerprint density at radius 2 is 1.86 bits per heavy atom. The number of non-ortho nitro benzene ring substituents is 1. The maximum Gasteiger partial charge on any atom is 0.271 e. The largest absolute Gasteiger partial charge is 0.455 e. The zero-order valence-electron chi connectivity index (χ0n) is 10.9. The average Bonchev–Trinajstić information content (AvgIpc) is 2.42. The second-order valence-corrected chi connectivity index (χ2v) is 6.30. The van der Waals surface area contributed by atoms with Gasteiger partial charge >= 0.3 is 0 Å². The third-order valence-corrected chi connectivity index (χ3v) is 4.34. The lowest BCUT2D eigenvalue weighted by Gasteiger charge is -2.11. The normalized spacial score (nSPS) is 10.5. The molecule has 0 spiro atoms. The van der Waals surface area contributed by atoms with Crippen LogP contribution in [0.2, 0.25) is 0 Å². The van der Waals surface area contributed by atoms with Gasteiger partial charge in [-0.05, 0) is 62.0 Å². The fourth-order valence-electron chi connectivity index (χ4n) is 1.75. The Labute approximate surface area is 143 Å². The molecule has 21 heavy (non-hydrogen) atoms. The highest BCUT2D eigenvalue weighted by atomic mass is 79.9. The van der Waals surface area contributed by atoms with Gasteiger partial charge in [0.25, 0.3) is 5.69 Å². The highest BCUT2D eigenvalue weighted by molar-refractivity contribution is 9.11. The van der Waals surface area contributed by atoms with Crippen LogP contribution in [0.15, 0.2) is 39.3 Å². The van der Waals surface area contributed by atoms with Crippen molar-refractivity contribution >= 4 is 49.1 Å². The maximum atomic E-state index is 10.8. The van der Waals surface area contributed by atoms with Crippen molar-refractivity contribution in [1.29, 1.82) is 0 Å². The van der Waals surface area contributed by atoms with Gasteiger partial charge in [0.1, 0.15) is 5.75 Å². The number of rotatable bonds is 4. The van der Waals surface area contributed by atoms with E-state index < -0.39 is 4.92 Å². The smallest absolute Gasteiger partial charge is 0.271 e. The van der Waals surface area contributed by atoms with Gasteiger partial charge in [-0.25, -0.2) is 0 Å². The molecular weight excluding hydrogens is 425 g/mol. The standard InChI is InChI=1S/C14H10Br2ClNO3/c1-8-4-11(3-2-9(8)7-17)21-14-12(15)5-10(18(19)20)6-13(14)16/h2-6H,7H2,1H3. The van der Waals surface area contributed by atoms with Crippen molar-refractivity contribution in [2.45, 2.75) is 12.8 Å². The molecule has 0 aromatic heterocycles. The van der Waals surface area contributed by atoms with Crippen LogP contribution in [0.3, 0.4) is 0 Å². The Morgan fingerprint density at radius 3 is 2.33 bits per heavy atom. The van der Waals surface area contributed by atoms with Gasteiger partial charge in [0.05, 0.1) is 13.9 Å². The summed E-state index contributed by atoms with van der Waals surface area (Å²) in [7, 11) is 0. The molecule has 0 N–H and O–H groups in total. The van der Waals surface area contributed by atoms with Gasteiger partial charge in [-0.1, -0.05) is 6.07 Å². The molecule has 0 amide bonds. The van der Waals surface area contributed by atoms with Gasteiger partial charge in [-0.2, -0.15) is 0 Å². The van der Waals surface area contributed by atoms with E-state index in [9.17, 15) is 10.1 Å². The number of hydrogen-bond donors (Lipinski definition) is 0. The lowest BCUT2D eigenvalue weighted by molar-refractivity contribution is -0.385. The summed E-state index contributed by atoms with van der Waals surface area (Å²) in [5.74, 6) is 1.56. The second kappa shape index (κ2) is 6.77. The summed E-state index contributed by atoms with van der Waals surface area (Å²) < 4.78 is 6.80. The lowest BCUT2D eigenvalue weighted by atomic mass is 10.1. The third-order valence-electron chi connectivity index (χ3n) is 2.87. The monoisotopic (exact) mass is 433 g/mol. The Balaban J connectivity index is 2.35. The fraction of sp³-hybridized carbons (Fsp3) is 0.143. The van der Waals surface area contributed by atoms with E-state index in [0.29, 0.717) is 26.3 Å². The Morgan fingerprint density at radius 1 is 1.24 bits per heavy atom. The zero-order valence-corrected chi connectivity index (χ0v) is 14.8. The summed E-state index contributed by atoms with van der Waals surface area (Å²) in [5.41, 5.74) is 2.04. The first-order chi connectivity index (χ1) is 9.92. The van der Waals surface area contributed by atoms with Crippen LogP contribution >= 0.6 is 43.5 Å². The molecule has 0 heterocycles. The molecule has 7 heteroatoms. The number of aryl methyl sites for hydroxylation is 1. The summed E-state index contributed by atoms with van der Waals surface area (Å²) in [6.45, 7) is 1.95. The molecule has 0 fully saturated rings. The zero-order chi connectivity index (χ0) is 15.6. The highest BCUT2D eigenvalue weighted by Crippen LogP contribution is 2.40. The molecule has 2 rings (SSSR count). The van der Waals surface area contributed by atoms with Gasteiger partial charge in [0.2, 0.25) is 0 Å². The van der Waals surface area contributed by atoms with Crippen LogP contribution in [0.25, 0.3) is 0 Å². The predicted octanol–water partition coefficient (Wildman–Crippen LogP) is 5.96. The van der Waals surface area contributed by atoms with E-state index in [4.69, 9.17) is 16.3 Å². The molecule has 0 saturated carbocycles. The lowest BCUT2D eigenvalue weighted by Crippen LogP contribution is -1.93. The maximum absolute atomic E-state index is 10.8. The van der Waals surface area contributed by atoms with Gasteiger partial charge in [0, 0.05) is 18.0 Å². The summed E-state index contributed by atoms with van der Waals surface area (Å²) in [5, 5.41) is 10.8. The summed E-state index contributed by atoms with van der Waals surface area (Å²) in [6.07, 6.45) is 0. The minimum Gasteiger partial charge on any atom is -0.455 e. The second-order valence-electron chi connectivity index (χ2n) is 4.32. The summed E-state index contributed by atoms with van der Waals surface area (Å²) in [4.78, 5) is 10.3. The number of ether oxygens (including phenoxy) is 1. The molecule has 0 aliphatic rings. The van der Waals surface area contributed by atoms with Gasteiger partial charge < -0.3 is 4.74 Å². The summed E-state index contributed by atoms with van der Waals surface area (Å²) >= 11 is 12.4. The van der Waals surface area contributed by atoms with E-state index in [2.05, 4.69) is 31.9 Å². The molecule has 2 aromatic carbocycles. The van der Waals surface area contributed by atoms with E-state index in [1.807, 2.05) is 25.1 Å². The molecule has 0 saturated heterocycles. The quantitative estimate of drug-likeness (QED) is 0.338. The van der Waals surface area contributed by atoms with Crippen molar-refractivity contribution in [2.24, 2.45) is 0 Å². The van der Waals surface area contributed by atoms with Crippen LogP contribution in [0.1, 0.15) is 11.1 Å². The highest BCUT2D eigenvalue weighted by Gasteiger charge is 2.16. The third kappa shape index (κ3) is 3.75. The SMILES string of the molecule is Cc1cc(Oc2c(Br)cc([N+](=O)[O-])cc2Br)ccc1CCl. The fourth-order valence-corrected chi connectivity index (χ4v) is 3.37. The molecule has 0 radical (unpaired) electrons. The first-order valence-corrected chi connectivity index (χ1v) is 8.01. The van der Waals surface area contributed by atoms with Gasteiger partial charge in [0.15, 0.2) is 5.75 Å². The number of nitrogens with zero attached hydrogens (tertiary/aromatic N) is 1. The first-order valence-electron chi connectivity index (χ1n) is 5.89. The van der Waals surface area contributed by atoms with Crippen LogP contribution in [0.4, 0.5) is 5.69 Å². The van der Waals surface area contributed by atoms with Crippen LogP contribution < -0.4 is 4.74 Å². The summed E-state index contributed by atoms with van der Waals surface area (Å²) in [6, 6.07) is 8.38. The van der Waals surface area contributed by atoms with Crippen LogP contribution in [-0.2, 0) is 5.88 Å². The van der Waals surface area contributed by atoms with Gasteiger partial charge in [-0.15, -0.1) is 11.6 Å². The molecule has 0 aliphatic heterocycles.